The van der Waals surface area contributed by atoms with Gasteiger partial charge in [-0.15, -0.1) is 0 Å². The minimum Gasteiger partial charge on any atom is -0.348 e. The molecule has 0 fully saturated rings. The molecule has 0 spiro atoms. The summed E-state index contributed by atoms with van der Waals surface area (Å²) in [5, 5.41) is 3.14. The van der Waals surface area contributed by atoms with Gasteiger partial charge in [0, 0.05) is 13.0 Å². The van der Waals surface area contributed by atoms with Crippen molar-refractivity contribution in [3.63, 3.8) is 0 Å². The van der Waals surface area contributed by atoms with Crippen molar-refractivity contribution < 1.29 is 4.79 Å². The number of rotatable bonds is 5. The van der Waals surface area contributed by atoms with Gasteiger partial charge in [0.05, 0.1) is 6.04 Å². The Morgan fingerprint density at radius 2 is 1.79 bits per heavy atom. The van der Waals surface area contributed by atoms with E-state index < -0.39 is 0 Å². The molecule has 1 atom stereocenters. The number of nitrogens with one attached hydrogen (secondary N) is 1. The van der Waals surface area contributed by atoms with Crippen molar-refractivity contribution in [2.45, 2.75) is 33.2 Å². The van der Waals surface area contributed by atoms with Gasteiger partial charge in [-0.05, 0) is 25.1 Å². The number of hydrogen-bond donors (Lipinski definition) is 1. The summed E-state index contributed by atoms with van der Waals surface area (Å²) in [4.78, 5) is 14.2. The third-order valence-electron chi connectivity index (χ3n) is 2.78. The van der Waals surface area contributed by atoms with Gasteiger partial charge in [0.25, 0.3) is 0 Å². The van der Waals surface area contributed by atoms with Crippen molar-refractivity contribution in [3.05, 3.63) is 35.9 Å². The smallest absolute Gasteiger partial charge is 0.221 e. The normalized spacial score (nSPS) is 13.4. The summed E-state index contributed by atoms with van der Waals surface area (Å²) >= 11 is 0. The second-order valence-electron chi connectivity index (χ2n) is 6.53. The maximum Gasteiger partial charge on any atom is 0.221 e. The van der Waals surface area contributed by atoms with Crippen molar-refractivity contribution >= 4 is 5.91 Å². The maximum atomic E-state index is 12.1. The van der Waals surface area contributed by atoms with Gasteiger partial charge in [0.2, 0.25) is 5.91 Å². The molecule has 1 aromatic rings. The number of nitrogens with zero attached hydrogens (tertiary/aromatic N) is 1. The minimum absolute atomic E-state index is 0.0173. The lowest BCUT2D eigenvalue weighted by molar-refractivity contribution is -0.123. The van der Waals surface area contributed by atoms with E-state index >= 15 is 0 Å². The highest BCUT2D eigenvalue weighted by Gasteiger charge is 2.20. The summed E-state index contributed by atoms with van der Waals surface area (Å²) < 4.78 is 0. The number of carbonyl (C=O) groups excluding carboxylic acids is 1. The Labute approximate surface area is 117 Å². The van der Waals surface area contributed by atoms with Gasteiger partial charge in [0.15, 0.2) is 0 Å². The van der Waals surface area contributed by atoms with Crippen molar-refractivity contribution in [1.82, 2.24) is 10.2 Å². The number of benzene rings is 1. The average molecular weight is 262 g/mol. The van der Waals surface area contributed by atoms with Crippen LogP contribution in [0.2, 0.25) is 0 Å². The van der Waals surface area contributed by atoms with Crippen LogP contribution in [0, 0.1) is 5.41 Å². The zero-order valence-electron chi connectivity index (χ0n) is 12.7. The topological polar surface area (TPSA) is 32.3 Å². The van der Waals surface area contributed by atoms with E-state index in [0.717, 1.165) is 12.1 Å². The van der Waals surface area contributed by atoms with Gasteiger partial charge < -0.3 is 10.2 Å². The molecular formula is C16H26N2O. The van der Waals surface area contributed by atoms with E-state index in [4.69, 9.17) is 0 Å². The quantitative estimate of drug-likeness (QED) is 0.885. The SMILES string of the molecule is CN(C)CC(NC(=O)CC(C)(C)C)c1ccccc1. The molecule has 1 rings (SSSR count). The van der Waals surface area contributed by atoms with Gasteiger partial charge in [-0.2, -0.15) is 0 Å². The molecule has 0 aliphatic rings. The van der Waals surface area contributed by atoms with Crippen LogP contribution < -0.4 is 5.32 Å². The van der Waals surface area contributed by atoms with Gasteiger partial charge in [-0.25, -0.2) is 0 Å². The Morgan fingerprint density at radius 3 is 2.26 bits per heavy atom. The number of carbonyl (C=O) groups is 1. The first-order chi connectivity index (χ1) is 8.78. The molecular weight excluding hydrogens is 236 g/mol. The Morgan fingerprint density at radius 1 is 1.21 bits per heavy atom. The predicted octanol–water partition coefficient (Wildman–Crippen LogP) is 2.84. The fourth-order valence-corrected chi connectivity index (χ4v) is 2.01. The van der Waals surface area contributed by atoms with E-state index in [0.29, 0.717) is 6.42 Å². The van der Waals surface area contributed by atoms with Crippen LogP contribution in [0.15, 0.2) is 30.3 Å². The predicted molar refractivity (Wildman–Crippen MR) is 80.0 cm³/mol. The zero-order valence-corrected chi connectivity index (χ0v) is 12.7. The molecule has 19 heavy (non-hydrogen) atoms. The zero-order chi connectivity index (χ0) is 14.5. The van der Waals surface area contributed by atoms with Gasteiger partial charge >= 0.3 is 0 Å². The van der Waals surface area contributed by atoms with Crippen LogP contribution in [-0.4, -0.2) is 31.4 Å². The number of hydrogen-bond acceptors (Lipinski definition) is 2. The highest BCUT2D eigenvalue weighted by molar-refractivity contribution is 5.77. The Kier molecular flexibility index (Phi) is 5.55. The Balaban J connectivity index is 2.73. The van der Waals surface area contributed by atoms with Crippen LogP contribution in [0.5, 0.6) is 0 Å². The Bertz CT molecular complexity index is 393. The van der Waals surface area contributed by atoms with Gasteiger partial charge in [-0.3, -0.25) is 4.79 Å². The van der Waals surface area contributed by atoms with E-state index in [1.54, 1.807) is 0 Å². The van der Waals surface area contributed by atoms with Crippen LogP contribution in [0.1, 0.15) is 38.8 Å². The summed E-state index contributed by atoms with van der Waals surface area (Å²) in [6, 6.07) is 10.2. The molecule has 0 bridgehead atoms. The van der Waals surface area contributed by atoms with Gasteiger partial charge in [-0.1, -0.05) is 51.1 Å². The molecule has 0 heterocycles. The van der Waals surface area contributed by atoms with Crippen molar-refractivity contribution in [3.8, 4) is 0 Å². The van der Waals surface area contributed by atoms with E-state index in [2.05, 4.69) is 43.1 Å². The minimum atomic E-state index is 0.0173. The summed E-state index contributed by atoms with van der Waals surface area (Å²) in [7, 11) is 4.04. The molecule has 1 N–H and O–H groups in total. The van der Waals surface area contributed by atoms with Crippen molar-refractivity contribution in [2.75, 3.05) is 20.6 Å². The summed E-state index contributed by atoms with van der Waals surface area (Å²) in [6.45, 7) is 7.04. The molecule has 1 amide bonds. The first-order valence-corrected chi connectivity index (χ1v) is 6.77. The molecule has 3 nitrogen and oxygen atoms in total. The molecule has 3 heteroatoms. The first-order valence-electron chi connectivity index (χ1n) is 6.77. The lowest BCUT2D eigenvalue weighted by atomic mass is 9.91. The van der Waals surface area contributed by atoms with Crippen LogP contribution in [0.3, 0.4) is 0 Å². The lowest BCUT2D eigenvalue weighted by Gasteiger charge is -2.25. The van der Waals surface area contributed by atoms with Gasteiger partial charge in [0.1, 0.15) is 0 Å². The first kappa shape index (κ1) is 15.7. The molecule has 0 radical (unpaired) electrons. The summed E-state index contributed by atoms with van der Waals surface area (Å²) in [5.41, 5.74) is 1.17. The number of likely N-dealkylation sites (N-methyl/N-ethyl adjacent to an activating group) is 1. The molecule has 106 valence electrons. The third-order valence-corrected chi connectivity index (χ3v) is 2.78. The summed E-state index contributed by atoms with van der Waals surface area (Å²) in [5.74, 6) is 0.114. The van der Waals surface area contributed by atoms with E-state index in [-0.39, 0.29) is 17.4 Å². The maximum absolute atomic E-state index is 12.1. The molecule has 1 unspecified atom stereocenters. The monoisotopic (exact) mass is 262 g/mol. The van der Waals surface area contributed by atoms with Crippen LogP contribution >= 0.6 is 0 Å². The highest BCUT2D eigenvalue weighted by atomic mass is 16.1. The molecule has 0 saturated heterocycles. The van der Waals surface area contributed by atoms with Crippen molar-refractivity contribution in [2.24, 2.45) is 5.41 Å². The Hall–Kier alpha value is -1.35. The van der Waals surface area contributed by atoms with Crippen LogP contribution in [0.4, 0.5) is 0 Å². The van der Waals surface area contributed by atoms with Crippen LogP contribution in [0.25, 0.3) is 0 Å². The second-order valence-corrected chi connectivity index (χ2v) is 6.53. The second kappa shape index (κ2) is 6.71. The fourth-order valence-electron chi connectivity index (χ4n) is 2.01. The van der Waals surface area contributed by atoms with E-state index in [9.17, 15) is 4.79 Å². The fraction of sp³-hybridized carbons (Fsp3) is 0.562. The average Bonchev–Trinajstić information content (AvgIpc) is 2.26. The van der Waals surface area contributed by atoms with Crippen LogP contribution in [-0.2, 0) is 4.79 Å². The largest absolute Gasteiger partial charge is 0.348 e. The molecule has 0 aromatic heterocycles. The highest BCUT2D eigenvalue weighted by Crippen LogP contribution is 2.20. The molecule has 0 saturated carbocycles. The van der Waals surface area contributed by atoms with E-state index in [1.165, 1.54) is 0 Å². The number of amides is 1. The van der Waals surface area contributed by atoms with E-state index in [1.807, 2.05) is 32.3 Å². The molecule has 1 aromatic carbocycles. The standard InChI is InChI=1S/C16H26N2O/c1-16(2,3)11-15(19)17-14(12-18(4)5)13-9-7-6-8-10-13/h6-10,14H,11-12H2,1-5H3,(H,17,19). The summed E-state index contributed by atoms with van der Waals surface area (Å²) in [6.07, 6.45) is 0.545. The lowest BCUT2D eigenvalue weighted by Crippen LogP contribution is -2.36. The molecule has 0 aliphatic carbocycles. The molecule has 0 aliphatic heterocycles. The van der Waals surface area contributed by atoms with Crippen molar-refractivity contribution in [1.29, 1.82) is 0 Å². The third kappa shape index (κ3) is 6.39.